The minimum atomic E-state index is -0.844. The second-order valence-corrected chi connectivity index (χ2v) is 7.14. The predicted molar refractivity (Wildman–Crippen MR) is 92.2 cm³/mol. The molecule has 0 saturated carbocycles. The summed E-state index contributed by atoms with van der Waals surface area (Å²) >= 11 is 0. The number of nitrogens with zero attached hydrogens (tertiary/aromatic N) is 2. The molecule has 0 radical (unpaired) electrons. The zero-order chi connectivity index (χ0) is 17.2. The molecule has 5 nitrogen and oxygen atoms in total. The summed E-state index contributed by atoms with van der Waals surface area (Å²) < 4.78 is 0. The number of benzene rings is 1. The molecule has 1 unspecified atom stereocenters. The molecule has 0 aromatic heterocycles. The van der Waals surface area contributed by atoms with Gasteiger partial charge in [-0.05, 0) is 51.8 Å². The molecule has 0 bridgehead atoms. The molecule has 1 aromatic carbocycles. The fourth-order valence-corrected chi connectivity index (χ4v) is 3.92. The van der Waals surface area contributed by atoms with Crippen molar-refractivity contribution in [3.63, 3.8) is 0 Å². The van der Waals surface area contributed by atoms with Gasteiger partial charge in [-0.3, -0.25) is 9.59 Å². The first-order valence-corrected chi connectivity index (χ1v) is 8.82. The van der Waals surface area contributed by atoms with E-state index in [1.54, 1.807) is 29.2 Å². The lowest BCUT2D eigenvalue weighted by Gasteiger charge is -2.41. The molecule has 1 atom stereocenters. The monoisotopic (exact) mass is 330 g/mol. The molecule has 2 saturated heterocycles. The summed E-state index contributed by atoms with van der Waals surface area (Å²) in [5, 5.41) is 11.0. The van der Waals surface area contributed by atoms with Gasteiger partial charge < -0.3 is 14.9 Å². The number of carbonyl (C=O) groups is 2. The Hall–Kier alpha value is -1.72. The Morgan fingerprint density at radius 2 is 1.75 bits per heavy atom. The summed E-state index contributed by atoms with van der Waals surface area (Å²) in [4.78, 5) is 28.7. The molecule has 2 fully saturated rings. The van der Waals surface area contributed by atoms with Crippen LogP contribution in [0.1, 0.15) is 53.3 Å². The zero-order valence-electron chi connectivity index (χ0n) is 14.3. The minimum Gasteiger partial charge on any atom is -0.387 e. The molecular weight excluding hydrogens is 304 g/mol. The number of aliphatic hydroxyl groups is 1. The number of amides is 1. The van der Waals surface area contributed by atoms with Crippen LogP contribution in [0.5, 0.6) is 0 Å². The highest BCUT2D eigenvalue weighted by Crippen LogP contribution is 2.26. The first-order valence-electron chi connectivity index (χ1n) is 8.82. The van der Waals surface area contributed by atoms with E-state index in [2.05, 4.69) is 4.90 Å². The number of hydrogen-bond donors (Lipinski definition) is 1. The molecular formula is C19H26N2O3. The van der Waals surface area contributed by atoms with Gasteiger partial charge in [0.1, 0.15) is 0 Å². The van der Waals surface area contributed by atoms with Crippen LogP contribution in [0, 0.1) is 0 Å². The standard InChI is InChI=1S/C19H26N2O3/c1-15(22)16-7-2-3-8-17(16)18(23)21-12-6-9-19(24,14-21)13-20-10-4-5-11-20/h2-3,7-8,24H,4-6,9-14H2,1H3. The highest BCUT2D eigenvalue weighted by Gasteiger charge is 2.37. The van der Waals surface area contributed by atoms with Gasteiger partial charge in [0.25, 0.3) is 5.91 Å². The van der Waals surface area contributed by atoms with Gasteiger partial charge in [-0.1, -0.05) is 18.2 Å². The number of β-amino-alcohol motifs (C(OH)–C–C–N with tert-alkyl or cyclic N) is 1. The third-order valence-electron chi connectivity index (χ3n) is 5.10. The summed E-state index contributed by atoms with van der Waals surface area (Å²) in [5.74, 6) is -0.261. The van der Waals surface area contributed by atoms with Gasteiger partial charge in [0.2, 0.25) is 0 Å². The van der Waals surface area contributed by atoms with Gasteiger partial charge in [0.15, 0.2) is 5.78 Å². The fourth-order valence-electron chi connectivity index (χ4n) is 3.92. The van der Waals surface area contributed by atoms with Gasteiger partial charge >= 0.3 is 0 Å². The van der Waals surface area contributed by atoms with Crippen molar-refractivity contribution in [2.45, 2.75) is 38.2 Å². The molecule has 1 amide bonds. The van der Waals surface area contributed by atoms with Crippen LogP contribution in [0.3, 0.4) is 0 Å². The van der Waals surface area contributed by atoms with Crippen LogP contribution < -0.4 is 0 Å². The second-order valence-electron chi connectivity index (χ2n) is 7.14. The average molecular weight is 330 g/mol. The van der Waals surface area contributed by atoms with E-state index in [4.69, 9.17) is 0 Å². The third-order valence-corrected chi connectivity index (χ3v) is 5.10. The van der Waals surface area contributed by atoms with Gasteiger partial charge in [-0.15, -0.1) is 0 Å². The average Bonchev–Trinajstić information content (AvgIpc) is 3.06. The minimum absolute atomic E-state index is 0.108. The molecule has 5 heteroatoms. The Labute approximate surface area is 143 Å². The summed E-state index contributed by atoms with van der Waals surface area (Å²) in [6.45, 7) is 5.14. The molecule has 2 aliphatic rings. The van der Waals surface area contributed by atoms with Gasteiger partial charge in [-0.2, -0.15) is 0 Å². The Morgan fingerprint density at radius 3 is 2.42 bits per heavy atom. The first-order chi connectivity index (χ1) is 11.5. The van der Waals surface area contributed by atoms with Crippen LogP contribution in [0.25, 0.3) is 0 Å². The van der Waals surface area contributed by atoms with Crippen molar-refractivity contribution in [1.82, 2.24) is 9.80 Å². The molecule has 2 heterocycles. The third kappa shape index (κ3) is 3.68. The van der Waals surface area contributed by atoms with E-state index in [0.29, 0.717) is 30.8 Å². The number of carbonyl (C=O) groups excluding carboxylic acids is 2. The number of Topliss-reactive ketones (excluding diaryl/α,β-unsaturated/α-hetero) is 1. The van der Waals surface area contributed by atoms with Crippen LogP contribution in [0.15, 0.2) is 24.3 Å². The van der Waals surface area contributed by atoms with Crippen LogP contribution in [0.2, 0.25) is 0 Å². The zero-order valence-corrected chi connectivity index (χ0v) is 14.3. The maximum atomic E-state index is 12.9. The normalized spacial score (nSPS) is 25.0. The van der Waals surface area contributed by atoms with E-state index in [1.165, 1.54) is 19.8 Å². The number of hydrogen-bond acceptors (Lipinski definition) is 4. The fraction of sp³-hybridized carbons (Fsp3) is 0.579. The molecule has 1 N–H and O–H groups in total. The number of rotatable bonds is 4. The lowest BCUT2D eigenvalue weighted by Crippen LogP contribution is -2.55. The summed E-state index contributed by atoms with van der Waals surface area (Å²) in [6, 6.07) is 6.94. The number of likely N-dealkylation sites (tertiary alicyclic amines) is 2. The van der Waals surface area contributed by atoms with Gasteiger partial charge in [0, 0.05) is 18.7 Å². The molecule has 130 valence electrons. The van der Waals surface area contributed by atoms with Crippen LogP contribution in [0.4, 0.5) is 0 Å². The second kappa shape index (κ2) is 7.03. The van der Waals surface area contributed by atoms with Crippen molar-refractivity contribution < 1.29 is 14.7 Å². The Kier molecular flexibility index (Phi) is 5.01. The van der Waals surface area contributed by atoms with Crippen LogP contribution in [-0.4, -0.2) is 64.9 Å². The van der Waals surface area contributed by atoms with Crippen molar-refractivity contribution in [2.75, 3.05) is 32.7 Å². The van der Waals surface area contributed by atoms with Crippen LogP contribution in [-0.2, 0) is 0 Å². The van der Waals surface area contributed by atoms with Crippen molar-refractivity contribution in [3.8, 4) is 0 Å². The van der Waals surface area contributed by atoms with Gasteiger partial charge in [0.05, 0.1) is 17.7 Å². The number of piperidine rings is 1. The quantitative estimate of drug-likeness (QED) is 0.857. The highest BCUT2D eigenvalue weighted by atomic mass is 16.3. The van der Waals surface area contributed by atoms with E-state index in [9.17, 15) is 14.7 Å². The summed E-state index contributed by atoms with van der Waals surface area (Å²) in [6.07, 6.45) is 3.88. The number of ketones is 1. The lowest BCUT2D eigenvalue weighted by molar-refractivity contribution is -0.0431. The maximum Gasteiger partial charge on any atom is 0.254 e. The molecule has 3 rings (SSSR count). The summed E-state index contributed by atoms with van der Waals surface area (Å²) in [7, 11) is 0. The molecule has 1 aromatic rings. The molecule has 0 aliphatic carbocycles. The van der Waals surface area contributed by atoms with E-state index in [0.717, 1.165) is 25.9 Å². The smallest absolute Gasteiger partial charge is 0.254 e. The molecule has 2 aliphatic heterocycles. The Balaban J connectivity index is 1.74. The predicted octanol–water partition coefficient (Wildman–Crippen LogP) is 1.95. The van der Waals surface area contributed by atoms with E-state index in [-0.39, 0.29) is 11.7 Å². The van der Waals surface area contributed by atoms with Crippen molar-refractivity contribution >= 4 is 11.7 Å². The SMILES string of the molecule is CC(=O)c1ccccc1C(=O)N1CCCC(O)(CN2CCCC2)C1. The van der Waals surface area contributed by atoms with E-state index < -0.39 is 5.60 Å². The summed E-state index contributed by atoms with van der Waals surface area (Å²) in [5.41, 5.74) is 0.0511. The van der Waals surface area contributed by atoms with E-state index in [1.807, 2.05) is 0 Å². The Morgan fingerprint density at radius 1 is 1.08 bits per heavy atom. The lowest BCUT2D eigenvalue weighted by atomic mass is 9.91. The topological polar surface area (TPSA) is 60.9 Å². The largest absolute Gasteiger partial charge is 0.387 e. The molecule has 24 heavy (non-hydrogen) atoms. The Bertz CT molecular complexity index is 625. The first kappa shape index (κ1) is 17.1. The highest BCUT2D eigenvalue weighted by molar-refractivity contribution is 6.07. The van der Waals surface area contributed by atoms with Gasteiger partial charge in [-0.25, -0.2) is 0 Å². The maximum absolute atomic E-state index is 12.9. The van der Waals surface area contributed by atoms with Crippen LogP contribution >= 0.6 is 0 Å². The van der Waals surface area contributed by atoms with Crippen molar-refractivity contribution in [1.29, 1.82) is 0 Å². The molecule has 0 spiro atoms. The van der Waals surface area contributed by atoms with Crippen molar-refractivity contribution in [2.24, 2.45) is 0 Å². The van der Waals surface area contributed by atoms with Crippen molar-refractivity contribution in [3.05, 3.63) is 35.4 Å². The van der Waals surface area contributed by atoms with E-state index >= 15 is 0 Å².